The van der Waals surface area contributed by atoms with Crippen LogP contribution < -0.4 is 10.1 Å². The van der Waals surface area contributed by atoms with Crippen LogP contribution in [0.2, 0.25) is 0 Å². The van der Waals surface area contributed by atoms with Crippen molar-refractivity contribution in [2.75, 3.05) is 19.7 Å². The maximum atomic E-state index is 12.6. The van der Waals surface area contributed by atoms with E-state index < -0.39 is 0 Å². The molecule has 1 aromatic carbocycles. The van der Waals surface area contributed by atoms with Crippen LogP contribution in [0.4, 0.5) is 4.39 Å². The van der Waals surface area contributed by atoms with Crippen LogP contribution in [0.25, 0.3) is 0 Å². The summed E-state index contributed by atoms with van der Waals surface area (Å²) in [7, 11) is 0. The van der Waals surface area contributed by atoms with Gasteiger partial charge in [0.1, 0.15) is 11.6 Å². The molecule has 90 valence electrons. The molecule has 1 aromatic rings. The van der Waals surface area contributed by atoms with Gasteiger partial charge in [0.2, 0.25) is 0 Å². The largest absolute Gasteiger partial charge is 0.493 e. The van der Waals surface area contributed by atoms with Crippen molar-refractivity contribution in [2.45, 2.75) is 12.8 Å². The normalized spacial score (nSPS) is 16.6. The molecule has 1 fully saturated rings. The van der Waals surface area contributed by atoms with Gasteiger partial charge in [0, 0.05) is 0 Å². The lowest BCUT2D eigenvalue weighted by molar-refractivity contribution is 0.215. The van der Waals surface area contributed by atoms with Gasteiger partial charge in [-0.3, -0.25) is 0 Å². The number of halogens is 2. The maximum Gasteiger partial charge on any atom is 0.123 e. The standard InChI is InChI=1S/C12H16FNO.ClH/c13-11-1-3-12(4-2-11)15-9-10-5-7-14-8-6-10;/h1-4,10,14H,5-9H2;1H. The van der Waals surface area contributed by atoms with Crippen LogP contribution in [0, 0.1) is 11.7 Å². The minimum atomic E-state index is -0.218. The highest BCUT2D eigenvalue weighted by molar-refractivity contribution is 5.85. The minimum absolute atomic E-state index is 0. The first-order valence-electron chi connectivity index (χ1n) is 5.44. The first kappa shape index (κ1) is 13.3. The fourth-order valence-electron chi connectivity index (χ4n) is 1.79. The lowest BCUT2D eigenvalue weighted by atomic mass is 9.99. The molecule has 1 saturated heterocycles. The predicted octanol–water partition coefficient (Wildman–Crippen LogP) is 2.63. The molecule has 0 unspecified atom stereocenters. The van der Waals surface area contributed by atoms with E-state index in [0.717, 1.165) is 25.4 Å². The zero-order chi connectivity index (χ0) is 10.5. The summed E-state index contributed by atoms with van der Waals surface area (Å²) in [5.74, 6) is 1.18. The number of benzene rings is 1. The molecule has 0 atom stereocenters. The first-order chi connectivity index (χ1) is 7.34. The van der Waals surface area contributed by atoms with Gasteiger partial charge in [-0.05, 0) is 56.1 Å². The summed E-state index contributed by atoms with van der Waals surface area (Å²) in [6, 6.07) is 6.21. The number of ether oxygens (including phenoxy) is 1. The van der Waals surface area contributed by atoms with Crippen molar-refractivity contribution in [3.63, 3.8) is 0 Å². The van der Waals surface area contributed by atoms with Crippen molar-refractivity contribution in [1.82, 2.24) is 5.32 Å². The second-order valence-electron chi connectivity index (χ2n) is 3.96. The van der Waals surface area contributed by atoms with Crippen LogP contribution in [0.1, 0.15) is 12.8 Å². The maximum absolute atomic E-state index is 12.6. The van der Waals surface area contributed by atoms with Crippen molar-refractivity contribution in [3.05, 3.63) is 30.1 Å². The molecule has 0 radical (unpaired) electrons. The molecule has 0 amide bonds. The van der Waals surface area contributed by atoms with Gasteiger partial charge in [0.15, 0.2) is 0 Å². The van der Waals surface area contributed by atoms with Crippen molar-refractivity contribution in [2.24, 2.45) is 5.92 Å². The SMILES string of the molecule is Cl.Fc1ccc(OCC2CCNCC2)cc1. The molecule has 1 N–H and O–H groups in total. The zero-order valence-electron chi connectivity index (χ0n) is 9.12. The summed E-state index contributed by atoms with van der Waals surface area (Å²) in [6.07, 6.45) is 2.34. The van der Waals surface area contributed by atoms with Gasteiger partial charge in [-0.15, -0.1) is 12.4 Å². The van der Waals surface area contributed by atoms with Crippen LogP contribution in [-0.4, -0.2) is 19.7 Å². The molecule has 16 heavy (non-hydrogen) atoms. The number of rotatable bonds is 3. The molecule has 0 spiro atoms. The summed E-state index contributed by atoms with van der Waals surface area (Å²) in [5, 5.41) is 3.32. The van der Waals surface area contributed by atoms with E-state index in [4.69, 9.17) is 4.74 Å². The van der Waals surface area contributed by atoms with E-state index in [2.05, 4.69) is 5.32 Å². The second-order valence-corrected chi connectivity index (χ2v) is 3.96. The molecule has 0 aliphatic carbocycles. The Morgan fingerprint density at radius 3 is 2.44 bits per heavy atom. The Hall–Kier alpha value is -0.800. The summed E-state index contributed by atoms with van der Waals surface area (Å²) >= 11 is 0. The third kappa shape index (κ3) is 3.99. The Bertz CT molecular complexity index is 298. The molecule has 2 nitrogen and oxygen atoms in total. The average Bonchev–Trinajstić information content (AvgIpc) is 2.30. The summed E-state index contributed by atoms with van der Waals surface area (Å²) < 4.78 is 18.2. The molecule has 1 aliphatic rings. The van der Waals surface area contributed by atoms with Crippen molar-refractivity contribution in [1.29, 1.82) is 0 Å². The molecule has 1 heterocycles. The van der Waals surface area contributed by atoms with Crippen LogP contribution in [0.3, 0.4) is 0 Å². The van der Waals surface area contributed by atoms with Crippen LogP contribution in [-0.2, 0) is 0 Å². The van der Waals surface area contributed by atoms with Gasteiger partial charge in [-0.25, -0.2) is 4.39 Å². The van der Waals surface area contributed by atoms with E-state index in [1.54, 1.807) is 12.1 Å². The quantitative estimate of drug-likeness (QED) is 0.884. The lowest BCUT2D eigenvalue weighted by Gasteiger charge is -2.22. The average molecular weight is 246 g/mol. The third-order valence-electron chi connectivity index (χ3n) is 2.76. The predicted molar refractivity (Wildman–Crippen MR) is 64.7 cm³/mol. The molecule has 4 heteroatoms. The van der Waals surface area contributed by atoms with Gasteiger partial charge in [-0.1, -0.05) is 0 Å². The van der Waals surface area contributed by atoms with Crippen LogP contribution in [0.15, 0.2) is 24.3 Å². The number of nitrogens with one attached hydrogen (secondary N) is 1. The Kier molecular flexibility index (Phi) is 5.56. The van der Waals surface area contributed by atoms with Gasteiger partial charge in [0.05, 0.1) is 6.61 Å². The van der Waals surface area contributed by atoms with Crippen molar-refractivity contribution < 1.29 is 9.13 Å². The van der Waals surface area contributed by atoms with Crippen molar-refractivity contribution in [3.8, 4) is 5.75 Å². The monoisotopic (exact) mass is 245 g/mol. The first-order valence-corrected chi connectivity index (χ1v) is 5.44. The minimum Gasteiger partial charge on any atom is -0.493 e. The lowest BCUT2D eigenvalue weighted by Crippen LogP contribution is -2.30. The number of piperidine rings is 1. The topological polar surface area (TPSA) is 21.3 Å². The van der Waals surface area contributed by atoms with Crippen LogP contribution in [0.5, 0.6) is 5.75 Å². The molecule has 0 saturated carbocycles. The molecule has 1 aliphatic heterocycles. The van der Waals surface area contributed by atoms with Gasteiger partial charge < -0.3 is 10.1 Å². The van der Waals surface area contributed by atoms with E-state index in [-0.39, 0.29) is 18.2 Å². The van der Waals surface area contributed by atoms with E-state index in [9.17, 15) is 4.39 Å². The Balaban J connectivity index is 0.00000128. The van der Waals surface area contributed by atoms with Gasteiger partial charge >= 0.3 is 0 Å². The highest BCUT2D eigenvalue weighted by Crippen LogP contribution is 2.16. The second kappa shape index (κ2) is 6.71. The fourth-order valence-corrected chi connectivity index (χ4v) is 1.79. The molecular weight excluding hydrogens is 229 g/mol. The Morgan fingerprint density at radius 1 is 1.19 bits per heavy atom. The van der Waals surface area contributed by atoms with E-state index in [0.29, 0.717) is 5.92 Å². The zero-order valence-corrected chi connectivity index (χ0v) is 9.93. The summed E-state index contributed by atoms with van der Waals surface area (Å²) in [5.41, 5.74) is 0. The highest BCUT2D eigenvalue weighted by Gasteiger charge is 2.13. The summed E-state index contributed by atoms with van der Waals surface area (Å²) in [6.45, 7) is 2.90. The van der Waals surface area contributed by atoms with Crippen molar-refractivity contribution >= 4 is 12.4 Å². The highest BCUT2D eigenvalue weighted by atomic mass is 35.5. The molecule has 2 rings (SSSR count). The smallest absolute Gasteiger partial charge is 0.123 e. The van der Waals surface area contributed by atoms with Crippen LogP contribution >= 0.6 is 12.4 Å². The fraction of sp³-hybridized carbons (Fsp3) is 0.500. The Labute approximate surface area is 102 Å². The summed E-state index contributed by atoms with van der Waals surface area (Å²) in [4.78, 5) is 0. The molecule has 0 aromatic heterocycles. The van der Waals surface area contributed by atoms with E-state index >= 15 is 0 Å². The Morgan fingerprint density at radius 2 is 1.81 bits per heavy atom. The van der Waals surface area contributed by atoms with E-state index in [1.807, 2.05) is 0 Å². The third-order valence-corrected chi connectivity index (χ3v) is 2.76. The molecular formula is C12H17ClFNO. The molecule has 0 bridgehead atoms. The number of hydrogen-bond donors (Lipinski definition) is 1. The number of hydrogen-bond acceptors (Lipinski definition) is 2. The van der Waals surface area contributed by atoms with Gasteiger partial charge in [0.25, 0.3) is 0 Å². The van der Waals surface area contributed by atoms with E-state index in [1.165, 1.54) is 25.0 Å². The van der Waals surface area contributed by atoms with Gasteiger partial charge in [-0.2, -0.15) is 0 Å².